The van der Waals surface area contributed by atoms with E-state index in [1.165, 1.54) is 4.90 Å². The summed E-state index contributed by atoms with van der Waals surface area (Å²) in [6, 6.07) is 8.89. The second-order valence-electron chi connectivity index (χ2n) is 7.43. The number of carbonyl (C=O) groups is 3. The first-order chi connectivity index (χ1) is 13.5. The molecule has 7 nitrogen and oxygen atoms in total. The van der Waals surface area contributed by atoms with Gasteiger partial charge in [0.2, 0.25) is 5.91 Å². The fourth-order valence-electron chi connectivity index (χ4n) is 3.90. The van der Waals surface area contributed by atoms with Crippen molar-refractivity contribution in [3.63, 3.8) is 0 Å². The van der Waals surface area contributed by atoms with Crippen LogP contribution < -0.4 is 4.90 Å². The largest absolute Gasteiger partial charge is 0.452 e. The van der Waals surface area contributed by atoms with Gasteiger partial charge in [0.15, 0.2) is 6.61 Å². The van der Waals surface area contributed by atoms with Gasteiger partial charge >= 0.3 is 5.97 Å². The molecule has 0 aromatic heterocycles. The van der Waals surface area contributed by atoms with Crippen LogP contribution in [-0.4, -0.2) is 48.4 Å². The Balaban J connectivity index is 1.56. The quantitative estimate of drug-likeness (QED) is 0.729. The highest BCUT2D eigenvalue weighted by Crippen LogP contribution is 2.32. The van der Waals surface area contributed by atoms with E-state index in [2.05, 4.69) is 6.07 Å². The summed E-state index contributed by atoms with van der Waals surface area (Å²) in [5, 5.41) is 9.57. The number of amides is 2. The molecule has 1 saturated heterocycles. The first kappa shape index (κ1) is 19.9. The molecule has 1 aromatic rings. The highest BCUT2D eigenvalue weighted by Gasteiger charge is 2.39. The van der Waals surface area contributed by atoms with Crippen molar-refractivity contribution >= 4 is 23.5 Å². The first-order valence-corrected chi connectivity index (χ1v) is 9.72. The number of ether oxygens (including phenoxy) is 1. The monoisotopic (exact) mass is 383 g/mol. The Morgan fingerprint density at radius 1 is 1.18 bits per heavy atom. The molecule has 0 spiro atoms. The maximum absolute atomic E-state index is 12.5. The van der Waals surface area contributed by atoms with Crippen molar-refractivity contribution in [2.45, 2.75) is 50.5 Å². The molecule has 0 N–H and O–H groups in total. The van der Waals surface area contributed by atoms with Crippen LogP contribution in [0.4, 0.5) is 5.69 Å². The number of hydrogen-bond acceptors (Lipinski definition) is 5. The summed E-state index contributed by atoms with van der Waals surface area (Å²) in [7, 11) is 1.60. The molecule has 0 radical (unpaired) electrons. The molecule has 0 unspecified atom stereocenters. The number of benzene rings is 1. The van der Waals surface area contributed by atoms with Crippen LogP contribution in [0.25, 0.3) is 0 Å². The Hall–Kier alpha value is -2.88. The maximum atomic E-state index is 12.5. The van der Waals surface area contributed by atoms with Crippen LogP contribution in [0.2, 0.25) is 0 Å². The number of anilines is 1. The molecule has 3 rings (SSSR count). The second-order valence-corrected chi connectivity index (χ2v) is 7.43. The Morgan fingerprint density at radius 2 is 1.86 bits per heavy atom. The molecule has 2 aliphatic rings. The average molecular weight is 383 g/mol. The lowest BCUT2D eigenvalue weighted by atomic mass is 9.81. The van der Waals surface area contributed by atoms with Gasteiger partial charge in [0.05, 0.1) is 11.6 Å². The van der Waals surface area contributed by atoms with E-state index in [4.69, 9.17) is 4.74 Å². The number of hydrogen-bond donors (Lipinski definition) is 0. The van der Waals surface area contributed by atoms with E-state index in [1.54, 1.807) is 36.2 Å². The average Bonchev–Trinajstić information content (AvgIpc) is 3.17. The summed E-state index contributed by atoms with van der Waals surface area (Å²) in [4.78, 5) is 39.6. The lowest BCUT2D eigenvalue weighted by Gasteiger charge is -2.38. The predicted octanol–water partition coefficient (Wildman–Crippen LogP) is 2.66. The van der Waals surface area contributed by atoms with Crippen LogP contribution in [0, 0.1) is 11.3 Å². The van der Waals surface area contributed by atoms with Crippen molar-refractivity contribution in [1.29, 1.82) is 5.26 Å². The van der Waals surface area contributed by atoms with E-state index in [9.17, 15) is 19.6 Å². The highest BCUT2D eigenvalue weighted by atomic mass is 16.5. The fourth-order valence-corrected chi connectivity index (χ4v) is 3.90. The van der Waals surface area contributed by atoms with Crippen molar-refractivity contribution in [3.8, 4) is 6.07 Å². The maximum Gasteiger partial charge on any atom is 0.338 e. The van der Waals surface area contributed by atoms with Gasteiger partial charge in [-0.25, -0.2) is 4.79 Å². The lowest BCUT2D eigenvalue weighted by Crippen LogP contribution is -2.51. The van der Waals surface area contributed by atoms with Gasteiger partial charge in [-0.3, -0.25) is 9.59 Å². The number of nitriles is 1. The van der Waals surface area contributed by atoms with E-state index in [0.717, 1.165) is 31.4 Å². The third-order valence-electron chi connectivity index (χ3n) is 5.72. The van der Waals surface area contributed by atoms with E-state index in [1.807, 2.05) is 0 Å². The molecule has 1 saturated carbocycles. The molecule has 1 aromatic carbocycles. The van der Waals surface area contributed by atoms with Gasteiger partial charge in [-0.15, -0.1) is 0 Å². The van der Waals surface area contributed by atoms with Crippen molar-refractivity contribution in [1.82, 2.24) is 4.90 Å². The van der Waals surface area contributed by atoms with Gasteiger partial charge in [0, 0.05) is 25.7 Å². The van der Waals surface area contributed by atoms with Crippen LogP contribution in [0.15, 0.2) is 24.3 Å². The zero-order valence-electron chi connectivity index (χ0n) is 16.1. The number of nitrogens with zero attached hydrogens (tertiary/aromatic N) is 3. The second kappa shape index (κ2) is 8.42. The zero-order chi connectivity index (χ0) is 20.1. The summed E-state index contributed by atoms with van der Waals surface area (Å²) < 4.78 is 5.16. The minimum absolute atomic E-state index is 0.0816. The van der Waals surface area contributed by atoms with E-state index in [-0.39, 0.29) is 11.8 Å². The normalized spacial score (nSPS) is 18.4. The highest BCUT2D eigenvalue weighted by molar-refractivity contribution is 5.96. The summed E-state index contributed by atoms with van der Waals surface area (Å²) in [6.45, 7) is 0.287. The van der Waals surface area contributed by atoms with E-state index >= 15 is 0 Å². The molecule has 2 amide bonds. The molecule has 1 aliphatic heterocycles. The van der Waals surface area contributed by atoms with Gasteiger partial charge < -0.3 is 14.5 Å². The van der Waals surface area contributed by atoms with Crippen LogP contribution in [0.1, 0.15) is 55.3 Å². The molecule has 0 bridgehead atoms. The minimum Gasteiger partial charge on any atom is -0.452 e. The first-order valence-electron chi connectivity index (χ1n) is 9.72. The summed E-state index contributed by atoms with van der Waals surface area (Å²) >= 11 is 0. The van der Waals surface area contributed by atoms with Crippen molar-refractivity contribution in [3.05, 3.63) is 29.8 Å². The molecule has 148 valence electrons. The summed E-state index contributed by atoms with van der Waals surface area (Å²) in [5.74, 6) is -0.898. The number of rotatable bonds is 5. The predicted molar refractivity (Wildman–Crippen MR) is 103 cm³/mol. The van der Waals surface area contributed by atoms with Crippen LogP contribution in [0.3, 0.4) is 0 Å². The van der Waals surface area contributed by atoms with Crippen molar-refractivity contribution in [2.24, 2.45) is 0 Å². The van der Waals surface area contributed by atoms with Crippen molar-refractivity contribution in [2.75, 3.05) is 25.1 Å². The van der Waals surface area contributed by atoms with Crippen LogP contribution in [-0.2, 0) is 14.3 Å². The number of carbonyl (C=O) groups excluding carboxylic acids is 3. The van der Waals surface area contributed by atoms with Gasteiger partial charge in [0.25, 0.3) is 5.91 Å². The van der Waals surface area contributed by atoms with Crippen molar-refractivity contribution < 1.29 is 19.1 Å². The standard InChI is InChI=1S/C21H25N3O4/c1-23(21(15-22)11-3-2-4-12-21)19(26)14-28-20(27)16-7-9-17(10-8-16)24-13-5-6-18(24)25/h7-10H,2-6,11-14H2,1H3. The fraction of sp³-hybridized carbons (Fsp3) is 0.524. The Kier molecular flexibility index (Phi) is 5.98. The minimum atomic E-state index is -0.800. The molecule has 7 heteroatoms. The third-order valence-corrected chi connectivity index (χ3v) is 5.72. The molecule has 0 atom stereocenters. The molecular formula is C21H25N3O4. The Bertz CT molecular complexity index is 791. The third kappa shape index (κ3) is 4.01. The van der Waals surface area contributed by atoms with Crippen LogP contribution in [0.5, 0.6) is 0 Å². The number of esters is 1. The van der Waals surface area contributed by atoms with Gasteiger partial charge in [-0.1, -0.05) is 19.3 Å². The van der Waals surface area contributed by atoms with E-state index in [0.29, 0.717) is 31.4 Å². The smallest absolute Gasteiger partial charge is 0.338 e. The summed E-state index contributed by atoms with van der Waals surface area (Å²) in [6.07, 6.45) is 5.58. The van der Waals surface area contributed by atoms with E-state index < -0.39 is 18.1 Å². The van der Waals surface area contributed by atoms with Gasteiger partial charge in [-0.05, 0) is 43.5 Å². The van der Waals surface area contributed by atoms with Gasteiger partial charge in [-0.2, -0.15) is 5.26 Å². The summed E-state index contributed by atoms with van der Waals surface area (Å²) in [5.41, 5.74) is 0.271. The molecule has 1 aliphatic carbocycles. The SMILES string of the molecule is CN(C(=O)COC(=O)c1ccc(N2CCCC2=O)cc1)C1(C#N)CCCCC1. The van der Waals surface area contributed by atoms with Gasteiger partial charge in [0.1, 0.15) is 5.54 Å². The number of likely N-dealkylation sites (N-methyl/N-ethyl adjacent to an activating group) is 1. The molecule has 1 heterocycles. The molecule has 2 fully saturated rings. The Labute approximate surface area is 164 Å². The zero-order valence-corrected chi connectivity index (χ0v) is 16.1. The topological polar surface area (TPSA) is 90.7 Å². The lowest BCUT2D eigenvalue weighted by molar-refractivity contribution is -0.138. The molecule has 28 heavy (non-hydrogen) atoms. The van der Waals surface area contributed by atoms with Crippen LogP contribution >= 0.6 is 0 Å². The Morgan fingerprint density at radius 3 is 2.43 bits per heavy atom. The molecular weight excluding hydrogens is 358 g/mol.